The monoisotopic (exact) mass is 369 g/mol. The number of nitrogens with zero attached hydrogens (tertiary/aromatic N) is 1. The lowest BCUT2D eigenvalue weighted by Crippen LogP contribution is -2.48. The van der Waals surface area contributed by atoms with Gasteiger partial charge in [-0.3, -0.25) is 0 Å². The minimum atomic E-state index is -2.86. The lowest BCUT2D eigenvalue weighted by molar-refractivity contribution is -0.0504. The highest BCUT2D eigenvalue weighted by Gasteiger charge is 2.35. The van der Waals surface area contributed by atoms with E-state index >= 15 is 0 Å². The summed E-state index contributed by atoms with van der Waals surface area (Å²) in [5.41, 5.74) is 0.402. The van der Waals surface area contributed by atoms with Crippen molar-refractivity contribution in [1.29, 1.82) is 0 Å². The Kier molecular flexibility index (Phi) is 7.63. The summed E-state index contributed by atoms with van der Waals surface area (Å²) in [5, 5.41) is 16.7. The van der Waals surface area contributed by atoms with Gasteiger partial charge in [-0.15, -0.1) is 0 Å². The molecule has 1 fully saturated rings. The maximum atomic E-state index is 12.5. The minimum Gasteiger partial charge on any atom is -0.434 e. The molecule has 146 valence electrons. The van der Waals surface area contributed by atoms with Crippen LogP contribution in [0.15, 0.2) is 29.3 Å². The largest absolute Gasteiger partial charge is 0.434 e. The molecule has 0 bridgehead atoms. The number of aliphatic imine (C=N–C) groups is 1. The highest BCUT2D eigenvalue weighted by atomic mass is 19.3. The van der Waals surface area contributed by atoms with Crippen LogP contribution in [0.1, 0.15) is 45.1 Å². The van der Waals surface area contributed by atoms with Crippen molar-refractivity contribution in [3.8, 4) is 5.75 Å². The van der Waals surface area contributed by atoms with Gasteiger partial charge in [-0.2, -0.15) is 8.78 Å². The van der Waals surface area contributed by atoms with E-state index < -0.39 is 6.61 Å². The third-order valence-electron chi connectivity index (χ3n) is 4.88. The first kappa shape index (κ1) is 20.4. The molecule has 3 N–H and O–H groups in total. The molecule has 1 saturated carbocycles. The number of hydrogen-bond acceptors (Lipinski definition) is 3. The molecule has 0 saturated heterocycles. The smallest absolute Gasteiger partial charge is 0.387 e. The van der Waals surface area contributed by atoms with E-state index in [1.807, 2.05) is 6.92 Å². The maximum Gasteiger partial charge on any atom is 0.387 e. The van der Waals surface area contributed by atoms with Gasteiger partial charge in [0.25, 0.3) is 0 Å². The van der Waals surface area contributed by atoms with E-state index in [-0.39, 0.29) is 23.8 Å². The van der Waals surface area contributed by atoms with Crippen LogP contribution in [0.5, 0.6) is 5.75 Å². The fourth-order valence-corrected chi connectivity index (χ4v) is 3.22. The van der Waals surface area contributed by atoms with E-state index in [9.17, 15) is 13.9 Å². The summed E-state index contributed by atoms with van der Waals surface area (Å²) in [6, 6.07) is 6.65. The Morgan fingerprint density at radius 3 is 2.81 bits per heavy atom. The highest BCUT2D eigenvalue weighted by Crippen LogP contribution is 2.35. The van der Waals surface area contributed by atoms with Crippen LogP contribution in [0.4, 0.5) is 8.78 Å². The number of aliphatic hydroxyl groups excluding tert-OH is 1. The summed E-state index contributed by atoms with van der Waals surface area (Å²) in [6.07, 6.45) is 3.63. The quantitative estimate of drug-likeness (QED) is 0.510. The summed E-state index contributed by atoms with van der Waals surface area (Å²) in [5.74, 6) is 0.732. The van der Waals surface area contributed by atoms with Gasteiger partial charge in [0.05, 0.1) is 12.6 Å². The maximum absolute atomic E-state index is 12.5. The van der Waals surface area contributed by atoms with Crippen molar-refractivity contribution in [1.82, 2.24) is 10.6 Å². The minimum absolute atomic E-state index is 0.136. The molecular formula is C19H29F2N3O2. The number of rotatable bonds is 7. The molecule has 0 heterocycles. The summed E-state index contributed by atoms with van der Waals surface area (Å²) in [6.45, 7) is 2.69. The zero-order chi connectivity index (χ0) is 19.0. The molecule has 2 unspecified atom stereocenters. The number of benzene rings is 1. The first-order valence-electron chi connectivity index (χ1n) is 9.17. The second-order valence-electron chi connectivity index (χ2n) is 6.95. The summed E-state index contributed by atoms with van der Waals surface area (Å²) in [7, 11) is 0. The second-order valence-corrected chi connectivity index (χ2v) is 6.95. The highest BCUT2D eigenvalue weighted by molar-refractivity contribution is 5.79. The average Bonchev–Trinajstić information content (AvgIpc) is 2.61. The standard InChI is InChI=1S/C19H29F2N3O2/c1-3-22-18(24-13-19(2)11-7-6-10-16(19)25)23-12-14-8-4-5-9-15(14)26-17(20)21/h4-5,8-9,16-17,25H,3,6-7,10-13H2,1-2H3,(H2,22,23,24). The van der Waals surface area contributed by atoms with Crippen molar-refractivity contribution in [3.05, 3.63) is 29.8 Å². The Bertz CT molecular complexity index is 598. The van der Waals surface area contributed by atoms with Gasteiger partial charge in [0.1, 0.15) is 5.75 Å². The normalized spacial score (nSPS) is 23.8. The average molecular weight is 369 g/mol. The predicted molar refractivity (Wildman–Crippen MR) is 98.5 cm³/mol. The summed E-state index contributed by atoms with van der Waals surface area (Å²) < 4.78 is 29.6. The van der Waals surface area contributed by atoms with Crippen LogP contribution < -0.4 is 15.4 Å². The first-order chi connectivity index (χ1) is 12.4. The zero-order valence-electron chi connectivity index (χ0n) is 15.5. The molecule has 1 aromatic rings. The molecule has 1 aliphatic rings. The van der Waals surface area contributed by atoms with Crippen LogP contribution in [0.25, 0.3) is 0 Å². The molecule has 0 aliphatic heterocycles. The topological polar surface area (TPSA) is 65.9 Å². The number of alkyl halides is 2. The molecule has 5 nitrogen and oxygen atoms in total. The fraction of sp³-hybridized carbons (Fsp3) is 0.632. The summed E-state index contributed by atoms with van der Waals surface area (Å²) >= 11 is 0. The van der Waals surface area contributed by atoms with E-state index in [1.165, 1.54) is 6.07 Å². The Labute approximate surface area is 153 Å². The lowest BCUT2D eigenvalue weighted by atomic mass is 9.73. The molecule has 2 rings (SSSR count). The van der Waals surface area contributed by atoms with Crippen molar-refractivity contribution in [2.45, 2.75) is 58.8 Å². The van der Waals surface area contributed by atoms with Crippen molar-refractivity contribution < 1.29 is 18.6 Å². The van der Waals surface area contributed by atoms with Crippen LogP contribution in [0.3, 0.4) is 0 Å². The van der Waals surface area contributed by atoms with E-state index in [4.69, 9.17) is 0 Å². The van der Waals surface area contributed by atoms with Gasteiger partial charge >= 0.3 is 6.61 Å². The third kappa shape index (κ3) is 5.83. The number of aliphatic hydroxyl groups is 1. The predicted octanol–water partition coefficient (Wildman–Crippen LogP) is 3.28. The van der Waals surface area contributed by atoms with Crippen LogP contribution in [0, 0.1) is 5.41 Å². The Hall–Kier alpha value is -1.89. The van der Waals surface area contributed by atoms with Crippen LogP contribution >= 0.6 is 0 Å². The van der Waals surface area contributed by atoms with Crippen LogP contribution in [-0.2, 0) is 6.54 Å². The van der Waals surface area contributed by atoms with Crippen molar-refractivity contribution >= 4 is 5.96 Å². The van der Waals surface area contributed by atoms with Gasteiger partial charge < -0.3 is 20.5 Å². The molecule has 0 amide bonds. The van der Waals surface area contributed by atoms with E-state index in [0.29, 0.717) is 24.6 Å². The van der Waals surface area contributed by atoms with E-state index in [1.54, 1.807) is 18.2 Å². The molecule has 1 aliphatic carbocycles. The summed E-state index contributed by atoms with van der Waals surface area (Å²) in [4.78, 5) is 4.48. The number of para-hydroxylation sites is 1. The Morgan fingerprint density at radius 1 is 1.35 bits per heavy atom. The molecular weight excluding hydrogens is 340 g/mol. The van der Waals surface area contributed by atoms with Gasteiger partial charge in [-0.05, 0) is 25.8 Å². The van der Waals surface area contributed by atoms with Crippen LogP contribution in [-0.4, -0.2) is 36.9 Å². The molecule has 1 aromatic carbocycles. The van der Waals surface area contributed by atoms with Crippen LogP contribution in [0.2, 0.25) is 0 Å². The SMILES string of the molecule is CCNC(=NCc1ccccc1OC(F)F)NCC1(C)CCCCC1O. The Balaban J connectivity index is 2.03. The zero-order valence-corrected chi connectivity index (χ0v) is 15.5. The fourth-order valence-electron chi connectivity index (χ4n) is 3.22. The molecule has 26 heavy (non-hydrogen) atoms. The number of hydrogen-bond donors (Lipinski definition) is 3. The van der Waals surface area contributed by atoms with Gasteiger partial charge in [-0.1, -0.05) is 38.0 Å². The molecule has 2 atom stereocenters. The van der Waals surface area contributed by atoms with Gasteiger partial charge in [0, 0.05) is 24.1 Å². The van der Waals surface area contributed by atoms with Crippen molar-refractivity contribution in [2.24, 2.45) is 10.4 Å². The number of guanidine groups is 1. The van der Waals surface area contributed by atoms with Gasteiger partial charge in [-0.25, -0.2) is 4.99 Å². The molecule has 0 spiro atoms. The molecule has 0 aromatic heterocycles. The number of nitrogens with one attached hydrogen (secondary N) is 2. The second kappa shape index (κ2) is 9.71. The Morgan fingerprint density at radius 2 is 2.12 bits per heavy atom. The van der Waals surface area contributed by atoms with E-state index in [2.05, 4.69) is 27.3 Å². The number of ether oxygens (including phenoxy) is 1. The lowest BCUT2D eigenvalue weighted by Gasteiger charge is -2.38. The molecule has 7 heteroatoms. The number of halogens is 2. The molecule has 0 radical (unpaired) electrons. The van der Waals surface area contributed by atoms with E-state index in [0.717, 1.165) is 25.7 Å². The van der Waals surface area contributed by atoms with Crippen molar-refractivity contribution in [2.75, 3.05) is 13.1 Å². The van der Waals surface area contributed by atoms with Crippen molar-refractivity contribution in [3.63, 3.8) is 0 Å². The van der Waals surface area contributed by atoms with Gasteiger partial charge in [0.15, 0.2) is 5.96 Å². The first-order valence-corrected chi connectivity index (χ1v) is 9.17. The van der Waals surface area contributed by atoms with Gasteiger partial charge in [0.2, 0.25) is 0 Å². The third-order valence-corrected chi connectivity index (χ3v) is 4.88.